The van der Waals surface area contributed by atoms with Crippen molar-refractivity contribution in [2.24, 2.45) is 0 Å². The molecule has 17 heavy (non-hydrogen) atoms. The van der Waals surface area contributed by atoms with Crippen molar-refractivity contribution in [3.63, 3.8) is 0 Å². The van der Waals surface area contributed by atoms with Crippen LogP contribution in [-0.4, -0.2) is 15.0 Å². The second-order valence-electron chi connectivity index (χ2n) is 4.92. The highest BCUT2D eigenvalue weighted by atomic mass is 32.2. The topological polar surface area (TPSA) is 43.4 Å². The van der Waals surface area contributed by atoms with Crippen LogP contribution < -0.4 is 0 Å². The zero-order valence-corrected chi connectivity index (χ0v) is 11.3. The molecule has 0 unspecified atom stereocenters. The van der Waals surface area contributed by atoms with E-state index in [1.807, 2.05) is 19.1 Å². The van der Waals surface area contributed by atoms with E-state index >= 15 is 0 Å². The lowest BCUT2D eigenvalue weighted by Crippen LogP contribution is -2.13. The van der Waals surface area contributed by atoms with E-state index in [1.54, 1.807) is 13.0 Å². The molecule has 94 valence electrons. The van der Waals surface area contributed by atoms with Gasteiger partial charge in [0.05, 0.1) is 11.5 Å². The molecule has 0 N–H and O–H groups in total. The first kappa shape index (κ1) is 12.6. The predicted octanol–water partition coefficient (Wildman–Crippen LogP) is 2.77. The van der Waals surface area contributed by atoms with Gasteiger partial charge in [-0.3, -0.25) is 4.18 Å². The van der Waals surface area contributed by atoms with E-state index in [0.717, 1.165) is 24.0 Å². The highest BCUT2D eigenvalue weighted by Crippen LogP contribution is 2.50. The Kier molecular flexibility index (Phi) is 3.04. The van der Waals surface area contributed by atoms with Crippen molar-refractivity contribution in [3.8, 4) is 0 Å². The van der Waals surface area contributed by atoms with Crippen LogP contribution in [0.1, 0.15) is 37.8 Å². The smallest absolute Gasteiger partial charge is 0.267 e. The molecular formula is C13H18O3S. The van der Waals surface area contributed by atoms with E-state index in [9.17, 15) is 8.42 Å². The van der Waals surface area contributed by atoms with Gasteiger partial charge in [0.25, 0.3) is 10.1 Å². The Labute approximate surface area is 103 Å². The summed E-state index contributed by atoms with van der Waals surface area (Å²) in [5.41, 5.74) is 2.01. The van der Waals surface area contributed by atoms with Gasteiger partial charge in [0.1, 0.15) is 0 Å². The van der Waals surface area contributed by atoms with Crippen LogP contribution in [0.3, 0.4) is 0 Å². The first-order valence-electron chi connectivity index (χ1n) is 5.90. The van der Waals surface area contributed by atoms with Crippen LogP contribution in [0, 0.1) is 6.92 Å². The van der Waals surface area contributed by atoms with Gasteiger partial charge in [-0.2, -0.15) is 8.42 Å². The molecule has 0 heterocycles. The molecule has 3 nitrogen and oxygen atoms in total. The number of benzene rings is 1. The minimum atomic E-state index is -3.60. The van der Waals surface area contributed by atoms with Crippen LogP contribution in [0.4, 0.5) is 0 Å². The molecule has 1 aromatic rings. The summed E-state index contributed by atoms with van der Waals surface area (Å²) < 4.78 is 28.9. The summed E-state index contributed by atoms with van der Waals surface area (Å²) >= 11 is 0. The first-order chi connectivity index (χ1) is 7.89. The van der Waals surface area contributed by atoms with Gasteiger partial charge in [-0.05, 0) is 43.7 Å². The highest BCUT2D eigenvalue weighted by molar-refractivity contribution is 7.86. The molecule has 0 bridgehead atoms. The third-order valence-corrected chi connectivity index (χ3v) is 4.77. The predicted molar refractivity (Wildman–Crippen MR) is 66.6 cm³/mol. The molecule has 0 radical (unpaired) electrons. The average Bonchev–Trinajstić information content (AvgIpc) is 2.97. The molecule has 1 aliphatic rings. The molecule has 0 atom stereocenters. The van der Waals surface area contributed by atoms with Crippen LogP contribution in [0.2, 0.25) is 0 Å². The largest absolute Gasteiger partial charge is 0.297 e. The lowest BCUT2D eigenvalue weighted by Gasteiger charge is -2.15. The maximum absolute atomic E-state index is 12.0. The Bertz CT molecular complexity index is 528. The molecule has 0 saturated heterocycles. The van der Waals surface area contributed by atoms with Crippen molar-refractivity contribution in [3.05, 3.63) is 29.3 Å². The fraction of sp³-hybridized carbons (Fsp3) is 0.538. The summed E-state index contributed by atoms with van der Waals surface area (Å²) in [4.78, 5) is 0.338. The molecule has 0 amide bonds. The number of hydrogen-bond donors (Lipinski definition) is 0. The van der Waals surface area contributed by atoms with E-state index in [-0.39, 0.29) is 12.0 Å². The fourth-order valence-corrected chi connectivity index (χ4v) is 3.26. The van der Waals surface area contributed by atoms with Crippen molar-refractivity contribution in [1.29, 1.82) is 0 Å². The summed E-state index contributed by atoms with van der Waals surface area (Å²) in [6, 6.07) is 5.46. The third-order valence-electron chi connectivity index (χ3n) is 3.33. The number of rotatable bonds is 4. The molecule has 1 saturated carbocycles. The van der Waals surface area contributed by atoms with Crippen LogP contribution in [0.15, 0.2) is 23.1 Å². The first-order valence-corrected chi connectivity index (χ1v) is 7.30. The van der Waals surface area contributed by atoms with E-state index in [4.69, 9.17) is 4.18 Å². The minimum absolute atomic E-state index is 0.0194. The Morgan fingerprint density at radius 2 is 2.00 bits per heavy atom. The molecule has 0 aliphatic heterocycles. The summed E-state index contributed by atoms with van der Waals surface area (Å²) in [6.07, 6.45) is 2.09. The van der Waals surface area contributed by atoms with E-state index in [1.165, 1.54) is 0 Å². The Balaban J connectivity index is 2.54. The van der Waals surface area contributed by atoms with Crippen LogP contribution in [0.25, 0.3) is 0 Å². The Morgan fingerprint density at radius 3 is 2.53 bits per heavy atom. The lowest BCUT2D eigenvalue weighted by atomic mass is 9.97. The SMILES string of the molecule is CCOS(=O)(=O)c1ccc(C)cc1C1(C)CC1. The van der Waals surface area contributed by atoms with Crippen molar-refractivity contribution in [2.45, 2.75) is 43.9 Å². The molecular weight excluding hydrogens is 236 g/mol. The zero-order valence-electron chi connectivity index (χ0n) is 10.5. The third kappa shape index (κ3) is 2.38. The van der Waals surface area contributed by atoms with Crippen LogP contribution in [-0.2, 0) is 19.7 Å². The van der Waals surface area contributed by atoms with Gasteiger partial charge in [0.2, 0.25) is 0 Å². The summed E-state index contributed by atoms with van der Waals surface area (Å²) in [6.45, 7) is 5.94. The van der Waals surface area contributed by atoms with Gasteiger partial charge < -0.3 is 0 Å². The Morgan fingerprint density at radius 1 is 1.35 bits per heavy atom. The average molecular weight is 254 g/mol. The molecule has 0 spiro atoms. The van der Waals surface area contributed by atoms with Crippen LogP contribution >= 0.6 is 0 Å². The quantitative estimate of drug-likeness (QED) is 0.776. The van der Waals surface area contributed by atoms with Gasteiger partial charge in [0.15, 0.2) is 0 Å². The monoisotopic (exact) mass is 254 g/mol. The molecule has 4 heteroatoms. The van der Waals surface area contributed by atoms with Gasteiger partial charge in [-0.25, -0.2) is 0 Å². The van der Waals surface area contributed by atoms with Gasteiger partial charge in [-0.1, -0.05) is 24.6 Å². The Hall–Kier alpha value is -0.870. The summed E-state index contributed by atoms with van der Waals surface area (Å²) in [5.74, 6) is 0. The minimum Gasteiger partial charge on any atom is -0.267 e. The number of hydrogen-bond acceptors (Lipinski definition) is 3. The van der Waals surface area contributed by atoms with Crippen molar-refractivity contribution in [2.75, 3.05) is 6.61 Å². The fourth-order valence-electron chi connectivity index (χ4n) is 2.01. The van der Waals surface area contributed by atoms with E-state index in [2.05, 4.69) is 6.92 Å². The maximum Gasteiger partial charge on any atom is 0.297 e. The molecule has 2 rings (SSSR count). The molecule has 1 aliphatic carbocycles. The van der Waals surface area contributed by atoms with E-state index in [0.29, 0.717) is 4.90 Å². The second-order valence-corrected chi connectivity index (χ2v) is 6.50. The standard InChI is InChI=1S/C13H18O3S/c1-4-16-17(14,15)12-6-5-10(2)9-11(12)13(3)7-8-13/h5-6,9H,4,7-8H2,1-3H3. The van der Waals surface area contributed by atoms with Crippen molar-refractivity contribution in [1.82, 2.24) is 0 Å². The van der Waals surface area contributed by atoms with E-state index < -0.39 is 10.1 Å². The molecule has 1 aromatic carbocycles. The number of aryl methyl sites for hydroxylation is 1. The molecule has 1 fully saturated rings. The van der Waals surface area contributed by atoms with Gasteiger partial charge in [0, 0.05) is 0 Å². The van der Waals surface area contributed by atoms with Crippen molar-refractivity contribution >= 4 is 10.1 Å². The zero-order chi connectivity index (χ0) is 12.7. The second kappa shape index (κ2) is 4.10. The van der Waals surface area contributed by atoms with Gasteiger partial charge in [-0.15, -0.1) is 0 Å². The molecule has 0 aromatic heterocycles. The summed E-state index contributed by atoms with van der Waals surface area (Å²) in [5, 5.41) is 0. The van der Waals surface area contributed by atoms with Crippen molar-refractivity contribution < 1.29 is 12.6 Å². The highest BCUT2D eigenvalue weighted by Gasteiger charge is 2.42. The maximum atomic E-state index is 12.0. The lowest BCUT2D eigenvalue weighted by molar-refractivity contribution is 0.337. The van der Waals surface area contributed by atoms with Gasteiger partial charge >= 0.3 is 0 Å². The van der Waals surface area contributed by atoms with Crippen LogP contribution in [0.5, 0.6) is 0 Å². The normalized spacial score (nSPS) is 18.1. The summed E-state index contributed by atoms with van der Waals surface area (Å²) in [7, 11) is -3.60.